The number of thiocarbonyl (C=S) groups is 1. The number of rotatable bonds is 15. The van der Waals surface area contributed by atoms with E-state index in [1.807, 2.05) is 80.8 Å². The van der Waals surface area contributed by atoms with Gasteiger partial charge in [-0.1, -0.05) is 6.92 Å². The summed E-state index contributed by atoms with van der Waals surface area (Å²) in [5.41, 5.74) is 2.23. The second kappa shape index (κ2) is 18.0. The molecule has 0 aliphatic rings. The van der Waals surface area contributed by atoms with Crippen molar-refractivity contribution in [3.63, 3.8) is 0 Å². The number of ether oxygens (including phenoxy) is 3. The van der Waals surface area contributed by atoms with Crippen molar-refractivity contribution < 1.29 is 38.0 Å². The van der Waals surface area contributed by atoms with Gasteiger partial charge in [0.05, 0.1) is 6.10 Å². The average molecular weight is 592 g/mol. The lowest BCUT2D eigenvalue weighted by molar-refractivity contribution is -0.697. The van der Waals surface area contributed by atoms with Gasteiger partial charge in [-0.3, -0.25) is 0 Å². The Bertz CT molecular complexity index is 1080. The molecule has 0 saturated heterocycles. The second-order valence-corrected chi connectivity index (χ2v) is 10.5. The Morgan fingerprint density at radius 3 is 2.10 bits per heavy atom. The molecule has 0 saturated carbocycles. The molecule has 0 bridgehead atoms. The number of hydrogen-bond acceptors (Lipinski definition) is 7. The van der Waals surface area contributed by atoms with E-state index in [1.165, 1.54) is 0 Å². The molecule has 3 unspecified atom stereocenters. The maximum atomic E-state index is 12.2. The summed E-state index contributed by atoms with van der Waals surface area (Å²) >= 11 is 5.13. The highest BCUT2D eigenvalue weighted by Gasteiger charge is 2.20. The van der Waals surface area contributed by atoms with Crippen molar-refractivity contribution in [2.75, 3.05) is 19.7 Å². The summed E-state index contributed by atoms with van der Waals surface area (Å²) in [4.78, 5) is 24.1. The van der Waals surface area contributed by atoms with Gasteiger partial charge in [0, 0.05) is 56.2 Å². The fourth-order valence-electron chi connectivity index (χ4n) is 3.89. The number of amides is 2. The van der Waals surface area contributed by atoms with E-state index in [2.05, 4.69) is 28.1 Å². The Hall–Kier alpha value is -3.51. The first-order chi connectivity index (χ1) is 19.5. The van der Waals surface area contributed by atoms with Crippen LogP contribution in [0, 0.1) is 0 Å². The predicted molar refractivity (Wildman–Crippen MR) is 158 cm³/mol. The normalized spacial score (nSPS) is 13.0. The number of aromatic nitrogens is 2. The zero-order chi connectivity index (χ0) is 30.2. The third-order valence-electron chi connectivity index (χ3n) is 6.03. The SMILES string of the molecule is CCC(CC(O)CC(C)OC(=S)NC(C)C)OC(=O)NCCNC(=O)OCC[n+]1ccc(-c2cc[n+](C)cc2)cc1. The van der Waals surface area contributed by atoms with Crippen LogP contribution in [-0.2, 0) is 27.8 Å². The minimum Gasteiger partial charge on any atom is -0.468 e. The Morgan fingerprint density at radius 2 is 1.51 bits per heavy atom. The highest BCUT2D eigenvalue weighted by Crippen LogP contribution is 2.15. The molecular weight excluding hydrogens is 546 g/mol. The molecule has 2 rings (SSSR count). The van der Waals surface area contributed by atoms with Crippen molar-refractivity contribution in [3.8, 4) is 11.1 Å². The zero-order valence-corrected chi connectivity index (χ0v) is 25.5. The average Bonchev–Trinajstić information content (AvgIpc) is 2.91. The minimum atomic E-state index is -0.718. The fourth-order valence-corrected chi connectivity index (χ4v) is 4.29. The summed E-state index contributed by atoms with van der Waals surface area (Å²) < 4.78 is 20.1. The molecule has 3 atom stereocenters. The van der Waals surface area contributed by atoms with Gasteiger partial charge in [-0.25, -0.2) is 18.7 Å². The number of pyridine rings is 2. The van der Waals surface area contributed by atoms with E-state index in [9.17, 15) is 14.7 Å². The maximum Gasteiger partial charge on any atom is 0.407 e. The Morgan fingerprint density at radius 1 is 0.927 bits per heavy atom. The van der Waals surface area contributed by atoms with Crippen LogP contribution in [0.4, 0.5) is 9.59 Å². The van der Waals surface area contributed by atoms with Gasteiger partial charge < -0.3 is 35.3 Å². The zero-order valence-electron chi connectivity index (χ0n) is 24.7. The molecular formula is C29H45N5O6S+2. The molecule has 0 spiro atoms. The first-order valence-electron chi connectivity index (χ1n) is 14.0. The Balaban J connectivity index is 1.58. The molecule has 12 heteroatoms. The molecule has 2 heterocycles. The van der Waals surface area contributed by atoms with E-state index >= 15 is 0 Å². The number of aliphatic hydroxyl groups excluding tert-OH is 1. The third-order valence-corrected chi connectivity index (χ3v) is 6.25. The van der Waals surface area contributed by atoms with Crippen LogP contribution >= 0.6 is 12.2 Å². The smallest absolute Gasteiger partial charge is 0.407 e. The number of alkyl carbamates (subject to hydrolysis) is 2. The van der Waals surface area contributed by atoms with Crippen LogP contribution in [0.1, 0.15) is 47.0 Å². The lowest BCUT2D eigenvalue weighted by Crippen LogP contribution is -2.39. The van der Waals surface area contributed by atoms with Crippen LogP contribution in [0.25, 0.3) is 11.1 Å². The summed E-state index contributed by atoms with van der Waals surface area (Å²) in [6, 6.07) is 8.30. The van der Waals surface area contributed by atoms with Gasteiger partial charge in [-0.15, -0.1) is 0 Å². The van der Waals surface area contributed by atoms with Crippen LogP contribution < -0.4 is 25.1 Å². The van der Waals surface area contributed by atoms with Gasteiger partial charge in [0.25, 0.3) is 5.17 Å². The van der Waals surface area contributed by atoms with E-state index in [-0.39, 0.29) is 38.3 Å². The molecule has 2 aromatic heterocycles. The number of nitrogens with one attached hydrogen (secondary N) is 3. The van der Waals surface area contributed by atoms with Crippen LogP contribution in [0.3, 0.4) is 0 Å². The number of nitrogens with zero attached hydrogens (tertiary/aromatic N) is 2. The van der Waals surface area contributed by atoms with Crippen molar-refractivity contribution in [3.05, 3.63) is 49.1 Å². The van der Waals surface area contributed by atoms with E-state index < -0.39 is 24.4 Å². The number of carbonyl (C=O) groups is 2. The van der Waals surface area contributed by atoms with Crippen molar-refractivity contribution in [1.82, 2.24) is 16.0 Å². The van der Waals surface area contributed by atoms with Gasteiger partial charge in [-0.05, 0) is 50.5 Å². The van der Waals surface area contributed by atoms with Gasteiger partial charge in [0.15, 0.2) is 37.9 Å². The number of aliphatic hydroxyl groups is 1. The lowest BCUT2D eigenvalue weighted by Gasteiger charge is -2.23. The van der Waals surface area contributed by atoms with Crippen molar-refractivity contribution in [1.29, 1.82) is 0 Å². The first kappa shape index (κ1) is 33.7. The molecule has 11 nitrogen and oxygen atoms in total. The second-order valence-electron chi connectivity index (χ2n) is 10.1. The van der Waals surface area contributed by atoms with Crippen molar-refractivity contribution in [2.24, 2.45) is 7.05 Å². The summed E-state index contributed by atoms with van der Waals surface area (Å²) in [6.07, 6.45) is 6.40. The van der Waals surface area contributed by atoms with Crippen LogP contribution in [-0.4, -0.2) is 66.5 Å². The van der Waals surface area contributed by atoms with Crippen LogP contribution in [0.15, 0.2) is 49.1 Å². The molecule has 226 valence electrons. The maximum absolute atomic E-state index is 12.2. The van der Waals surface area contributed by atoms with Gasteiger partial charge in [-0.2, -0.15) is 0 Å². The summed E-state index contributed by atoms with van der Waals surface area (Å²) in [6.45, 7) is 8.69. The van der Waals surface area contributed by atoms with E-state index in [4.69, 9.17) is 26.4 Å². The summed E-state index contributed by atoms with van der Waals surface area (Å²) in [5.74, 6) is 0. The molecule has 0 fully saturated rings. The molecule has 0 aromatic carbocycles. The molecule has 0 radical (unpaired) electrons. The molecule has 2 amide bonds. The third kappa shape index (κ3) is 14.1. The highest BCUT2D eigenvalue weighted by atomic mass is 32.1. The topological polar surface area (TPSA) is 126 Å². The Kier molecular flexibility index (Phi) is 14.8. The Labute approximate surface area is 248 Å². The fraction of sp³-hybridized carbons (Fsp3) is 0.552. The monoisotopic (exact) mass is 591 g/mol. The van der Waals surface area contributed by atoms with Crippen LogP contribution in [0.2, 0.25) is 0 Å². The summed E-state index contributed by atoms with van der Waals surface area (Å²) in [7, 11) is 1.98. The molecule has 0 aliphatic heterocycles. The molecule has 41 heavy (non-hydrogen) atoms. The van der Waals surface area contributed by atoms with Crippen LogP contribution in [0.5, 0.6) is 0 Å². The minimum absolute atomic E-state index is 0.161. The van der Waals surface area contributed by atoms with Gasteiger partial charge in [0.1, 0.15) is 19.3 Å². The van der Waals surface area contributed by atoms with E-state index in [0.29, 0.717) is 24.6 Å². The molecule has 4 N–H and O–H groups in total. The van der Waals surface area contributed by atoms with E-state index in [1.54, 1.807) is 0 Å². The van der Waals surface area contributed by atoms with Gasteiger partial charge >= 0.3 is 12.2 Å². The number of carbonyl (C=O) groups excluding carboxylic acids is 2. The van der Waals surface area contributed by atoms with E-state index in [0.717, 1.165) is 11.1 Å². The first-order valence-corrected chi connectivity index (χ1v) is 14.4. The molecule has 2 aromatic rings. The van der Waals surface area contributed by atoms with Crippen molar-refractivity contribution in [2.45, 2.75) is 77.9 Å². The largest absolute Gasteiger partial charge is 0.468 e. The lowest BCUT2D eigenvalue weighted by atomic mass is 10.0. The number of aryl methyl sites for hydroxylation is 1. The van der Waals surface area contributed by atoms with Gasteiger partial charge in [0.2, 0.25) is 0 Å². The highest BCUT2D eigenvalue weighted by molar-refractivity contribution is 7.80. The van der Waals surface area contributed by atoms with Crippen molar-refractivity contribution >= 4 is 29.6 Å². The predicted octanol–water partition coefficient (Wildman–Crippen LogP) is 2.53. The summed E-state index contributed by atoms with van der Waals surface area (Å²) in [5, 5.41) is 18.9. The number of hydrogen-bond donors (Lipinski definition) is 4. The quantitative estimate of drug-likeness (QED) is 0.142. The standard InChI is InChI=1S/C29H43N5O6S/c1-6-26(20-25(35)19-22(4)39-29(41)32-21(2)3)40-28(37)31-12-11-30-27(36)38-18-17-34-15-9-24(10-16-34)23-7-13-33(5)14-8-23/h7-10,13-16,21-22,25-26,35H,6,11-12,17-20H2,1-5H3,(H-2,30,31,32,36,37,41)/p+2. The molecule has 0 aliphatic carbocycles.